The summed E-state index contributed by atoms with van der Waals surface area (Å²) < 4.78 is 2.29. The van der Waals surface area contributed by atoms with E-state index in [1.54, 1.807) is 0 Å². The van der Waals surface area contributed by atoms with Crippen LogP contribution in [0.15, 0.2) is 36.4 Å². The first kappa shape index (κ1) is 11.0. The number of aromatic nitrogens is 1. The van der Waals surface area contributed by atoms with E-state index in [1.807, 2.05) is 0 Å². The van der Waals surface area contributed by atoms with E-state index in [1.165, 1.54) is 16.6 Å². The Morgan fingerprint density at radius 3 is 2.44 bits per heavy atom. The smallest absolute Gasteiger partial charge is 0.0525 e. The highest BCUT2D eigenvalue weighted by molar-refractivity contribution is 5.83. The van der Waals surface area contributed by atoms with Gasteiger partial charge in [-0.15, -0.1) is 0 Å². The summed E-state index contributed by atoms with van der Waals surface area (Å²) in [6, 6.07) is 10.8. The fourth-order valence-corrected chi connectivity index (χ4v) is 2.06. The van der Waals surface area contributed by atoms with Gasteiger partial charge in [0.05, 0.1) is 5.52 Å². The second-order valence-corrected chi connectivity index (χ2v) is 5.19. The molecule has 0 fully saturated rings. The summed E-state index contributed by atoms with van der Waals surface area (Å²) in [6.07, 6.45) is 4.23. The molecule has 2 rings (SSSR count). The summed E-state index contributed by atoms with van der Waals surface area (Å²) in [6.45, 7) is 8.81. The number of hydrogen-bond acceptors (Lipinski definition) is 0. The second kappa shape index (κ2) is 3.82. The minimum Gasteiger partial charge on any atom is -0.320 e. The molecule has 1 heterocycles. The van der Waals surface area contributed by atoms with Crippen molar-refractivity contribution >= 4 is 17.1 Å². The van der Waals surface area contributed by atoms with Crippen LogP contribution in [0.25, 0.3) is 17.1 Å². The summed E-state index contributed by atoms with van der Waals surface area (Å²) in [5.74, 6) is 0. The lowest BCUT2D eigenvalue weighted by Crippen LogP contribution is -2.15. The van der Waals surface area contributed by atoms with Gasteiger partial charge in [-0.25, -0.2) is 0 Å². The Bertz CT molecular complexity index is 524. The van der Waals surface area contributed by atoms with Gasteiger partial charge >= 0.3 is 0 Å². The van der Waals surface area contributed by atoms with Crippen LogP contribution in [0.2, 0.25) is 0 Å². The Balaban J connectivity index is 2.78. The molecule has 0 aliphatic heterocycles. The molecule has 16 heavy (non-hydrogen) atoms. The Hall–Kier alpha value is -1.50. The van der Waals surface area contributed by atoms with E-state index in [0.717, 1.165) is 0 Å². The maximum Gasteiger partial charge on any atom is 0.0525 e. The molecule has 0 bridgehead atoms. The summed E-state index contributed by atoms with van der Waals surface area (Å²) >= 11 is 0. The van der Waals surface area contributed by atoms with Gasteiger partial charge in [0.1, 0.15) is 0 Å². The van der Waals surface area contributed by atoms with Crippen LogP contribution in [0.5, 0.6) is 0 Å². The molecule has 1 nitrogen and oxygen atoms in total. The molecule has 0 saturated carbocycles. The van der Waals surface area contributed by atoms with Crippen LogP contribution in [0, 0.1) is 0 Å². The van der Waals surface area contributed by atoms with E-state index in [2.05, 4.69) is 74.9 Å². The Labute approximate surface area is 97.4 Å². The largest absolute Gasteiger partial charge is 0.320 e. The van der Waals surface area contributed by atoms with E-state index in [0.29, 0.717) is 0 Å². The predicted octanol–water partition coefficient (Wildman–Crippen LogP) is 4.43. The first-order valence-corrected chi connectivity index (χ1v) is 5.77. The molecule has 0 spiro atoms. The SMILES string of the molecule is C/C=C/n1c(C(C)(C)C)cc2ccccc21. The van der Waals surface area contributed by atoms with Crippen LogP contribution in [-0.2, 0) is 5.41 Å². The summed E-state index contributed by atoms with van der Waals surface area (Å²) in [5.41, 5.74) is 2.80. The first-order valence-electron chi connectivity index (χ1n) is 5.77. The van der Waals surface area contributed by atoms with E-state index in [-0.39, 0.29) is 5.41 Å². The second-order valence-electron chi connectivity index (χ2n) is 5.19. The van der Waals surface area contributed by atoms with Gasteiger partial charge in [0.15, 0.2) is 0 Å². The highest BCUT2D eigenvalue weighted by Gasteiger charge is 2.19. The molecule has 0 N–H and O–H groups in total. The number of rotatable bonds is 1. The van der Waals surface area contributed by atoms with Gasteiger partial charge in [0.25, 0.3) is 0 Å². The number of para-hydroxylation sites is 1. The monoisotopic (exact) mass is 213 g/mol. The van der Waals surface area contributed by atoms with Crippen molar-refractivity contribution in [2.75, 3.05) is 0 Å². The van der Waals surface area contributed by atoms with Crippen LogP contribution in [0.1, 0.15) is 33.4 Å². The third kappa shape index (κ3) is 1.78. The minimum atomic E-state index is 0.165. The molecule has 2 aromatic rings. The summed E-state index contributed by atoms with van der Waals surface area (Å²) in [5, 5.41) is 1.31. The first-order chi connectivity index (χ1) is 7.54. The molecule has 0 saturated heterocycles. The average molecular weight is 213 g/mol. The molecule has 0 radical (unpaired) electrons. The van der Waals surface area contributed by atoms with Crippen LogP contribution >= 0.6 is 0 Å². The lowest BCUT2D eigenvalue weighted by molar-refractivity contribution is 0.563. The van der Waals surface area contributed by atoms with Gasteiger partial charge in [-0.05, 0) is 19.1 Å². The fraction of sp³-hybridized carbons (Fsp3) is 0.333. The number of allylic oxidation sites excluding steroid dienone is 1. The molecule has 1 heteroatoms. The van der Waals surface area contributed by atoms with Gasteiger partial charge in [0.2, 0.25) is 0 Å². The molecule has 1 aromatic heterocycles. The topological polar surface area (TPSA) is 4.93 Å². The molecule has 0 unspecified atom stereocenters. The summed E-state index contributed by atoms with van der Waals surface area (Å²) in [4.78, 5) is 0. The average Bonchev–Trinajstić information content (AvgIpc) is 2.58. The maximum absolute atomic E-state index is 2.29. The number of hydrogen-bond donors (Lipinski definition) is 0. The highest BCUT2D eigenvalue weighted by atomic mass is 15.0. The zero-order chi connectivity index (χ0) is 11.8. The predicted molar refractivity (Wildman–Crippen MR) is 71.6 cm³/mol. The van der Waals surface area contributed by atoms with Gasteiger partial charge < -0.3 is 4.57 Å². The molecular weight excluding hydrogens is 194 g/mol. The van der Waals surface area contributed by atoms with Gasteiger partial charge in [0, 0.05) is 22.7 Å². The van der Waals surface area contributed by atoms with Crippen molar-refractivity contribution in [3.05, 3.63) is 42.1 Å². The normalized spacial score (nSPS) is 12.8. The van der Waals surface area contributed by atoms with Crippen molar-refractivity contribution in [3.8, 4) is 0 Å². The maximum atomic E-state index is 2.29. The lowest BCUT2D eigenvalue weighted by Gasteiger charge is -2.20. The molecule has 84 valence electrons. The molecule has 0 amide bonds. The minimum absolute atomic E-state index is 0.165. The van der Waals surface area contributed by atoms with Crippen LogP contribution in [0.3, 0.4) is 0 Å². The van der Waals surface area contributed by atoms with Crippen molar-refractivity contribution in [3.63, 3.8) is 0 Å². The van der Waals surface area contributed by atoms with Gasteiger partial charge in [-0.1, -0.05) is 45.0 Å². The molecule has 0 atom stereocenters. The Kier molecular flexibility index (Phi) is 2.63. The van der Waals surface area contributed by atoms with Gasteiger partial charge in [-0.2, -0.15) is 0 Å². The lowest BCUT2D eigenvalue weighted by atomic mass is 9.92. The molecule has 1 aromatic carbocycles. The van der Waals surface area contributed by atoms with Crippen molar-refractivity contribution in [2.24, 2.45) is 0 Å². The zero-order valence-corrected chi connectivity index (χ0v) is 10.5. The van der Waals surface area contributed by atoms with Crippen molar-refractivity contribution in [1.29, 1.82) is 0 Å². The van der Waals surface area contributed by atoms with E-state index in [4.69, 9.17) is 0 Å². The Morgan fingerprint density at radius 1 is 1.12 bits per heavy atom. The highest BCUT2D eigenvalue weighted by Crippen LogP contribution is 2.29. The van der Waals surface area contributed by atoms with Crippen molar-refractivity contribution in [1.82, 2.24) is 4.57 Å². The van der Waals surface area contributed by atoms with E-state index < -0.39 is 0 Å². The third-order valence-corrected chi connectivity index (χ3v) is 2.81. The van der Waals surface area contributed by atoms with Crippen molar-refractivity contribution < 1.29 is 0 Å². The standard InChI is InChI=1S/C15H19N/c1-5-10-16-13-9-7-6-8-12(13)11-14(16)15(2,3)4/h5-11H,1-4H3/b10-5+. The molecular formula is C15H19N. The molecule has 0 aliphatic carbocycles. The number of fused-ring (bicyclic) bond motifs is 1. The Morgan fingerprint density at radius 2 is 1.81 bits per heavy atom. The van der Waals surface area contributed by atoms with Gasteiger partial charge in [-0.3, -0.25) is 0 Å². The number of benzene rings is 1. The van der Waals surface area contributed by atoms with Crippen LogP contribution in [-0.4, -0.2) is 4.57 Å². The quantitative estimate of drug-likeness (QED) is 0.660. The van der Waals surface area contributed by atoms with E-state index >= 15 is 0 Å². The number of nitrogens with zero attached hydrogens (tertiary/aromatic N) is 1. The van der Waals surface area contributed by atoms with E-state index in [9.17, 15) is 0 Å². The zero-order valence-electron chi connectivity index (χ0n) is 10.5. The summed E-state index contributed by atoms with van der Waals surface area (Å²) in [7, 11) is 0. The van der Waals surface area contributed by atoms with Crippen LogP contribution in [0.4, 0.5) is 0 Å². The van der Waals surface area contributed by atoms with Crippen molar-refractivity contribution in [2.45, 2.75) is 33.1 Å². The molecule has 0 aliphatic rings. The third-order valence-electron chi connectivity index (χ3n) is 2.81. The fourth-order valence-electron chi connectivity index (χ4n) is 2.06. The van der Waals surface area contributed by atoms with Crippen LogP contribution < -0.4 is 0 Å².